The Balaban J connectivity index is 1.74. The van der Waals surface area contributed by atoms with Crippen LogP contribution in [0.3, 0.4) is 0 Å². The maximum absolute atomic E-state index is 12.3. The van der Waals surface area contributed by atoms with Crippen molar-refractivity contribution in [1.29, 1.82) is 0 Å². The smallest absolute Gasteiger partial charge is 0.272 e. The molecule has 6 heteroatoms. The van der Waals surface area contributed by atoms with E-state index in [1.54, 1.807) is 24.1 Å². The van der Waals surface area contributed by atoms with E-state index in [-0.39, 0.29) is 5.91 Å². The minimum atomic E-state index is -0.226. The van der Waals surface area contributed by atoms with Gasteiger partial charge in [0.15, 0.2) is 5.69 Å². The molecule has 0 radical (unpaired) electrons. The predicted octanol–water partition coefficient (Wildman–Crippen LogP) is 2.42. The predicted molar refractivity (Wildman–Crippen MR) is 90.6 cm³/mol. The van der Waals surface area contributed by atoms with E-state index in [2.05, 4.69) is 15.4 Å². The number of carbonyl (C=O) groups is 1. The third kappa shape index (κ3) is 3.43. The quantitative estimate of drug-likeness (QED) is 0.783. The minimum Gasteiger partial charge on any atom is -0.497 e. The van der Waals surface area contributed by atoms with Crippen molar-refractivity contribution in [3.05, 3.63) is 66.1 Å². The summed E-state index contributed by atoms with van der Waals surface area (Å²) < 4.78 is 6.85. The summed E-state index contributed by atoms with van der Waals surface area (Å²) >= 11 is 0. The summed E-state index contributed by atoms with van der Waals surface area (Å²) in [5.41, 5.74) is 3.01. The Bertz CT molecular complexity index is 826. The van der Waals surface area contributed by atoms with Gasteiger partial charge in [-0.05, 0) is 42.5 Å². The lowest BCUT2D eigenvalue weighted by atomic mass is 10.1. The van der Waals surface area contributed by atoms with Gasteiger partial charge in [-0.15, -0.1) is 0 Å². The van der Waals surface area contributed by atoms with Gasteiger partial charge in [-0.2, -0.15) is 5.10 Å². The van der Waals surface area contributed by atoms with Crippen LogP contribution >= 0.6 is 0 Å². The fourth-order valence-corrected chi connectivity index (χ4v) is 2.37. The Hall–Kier alpha value is -3.15. The normalized spacial score (nSPS) is 10.4. The largest absolute Gasteiger partial charge is 0.497 e. The fraction of sp³-hybridized carbons (Fsp3) is 0.167. The number of rotatable bonds is 5. The maximum Gasteiger partial charge on any atom is 0.272 e. The van der Waals surface area contributed by atoms with Crippen LogP contribution in [-0.2, 0) is 13.6 Å². The molecule has 1 N–H and O–H groups in total. The summed E-state index contributed by atoms with van der Waals surface area (Å²) in [7, 11) is 3.44. The number of nitrogens with zero attached hydrogens (tertiary/aromatic N) is 3. The SMILES string of the molecule is COc1ccc(-c2cc(C(=O)NCc3ccccn3)nn2C)cc1. The zero-order chi connectivity index (χ0) is 16.9. The average Bonchev–Trinajstić information content (AvgIpc) is 3.02. The number of ether oxygens (including phenoxy) is 1. The van der Waals surface area contributed by atoms with E-state index in [4.69, 9.17) is 4.74 Å². The topological polar surface area (TPSA) is 69.0 Å². The third-order valence-corrected chi connectivity index (χ3v) is 3.65. The van der Waals surface area contributed by atoms with Crippen LogP contribution in [0.5, 0.6) is 5.75 Å². The van der Waals surface area contributed by atoms with Gasteiger partial charge in [0.1, 0.15) is 5.75 Å². The van der Waals surface area contributed by atoms with Crippen molar-refractivity contribution >= 4 is 5.91 Å². The van der Waals surface area contributed by atoms with Gasteiger partial charge in [-0.3, -0.25) is 14.5 Å². The second-order valence-corrected chi connectivity index (χ2v) is 5.27. The Morgan fingerprint density at radius 3 is 2.67 bits per heavy atom. The van der Waals surface area contributed by atoms with E-state index < -0.39 is 0 Å². The van der Waals surface area contributed by atoms with Crippen LogP contribution in [0, 0.1) is 0 Å². The van der Waals surface area contributed by atoms with Crippen molar-refractivity contribution < 1.29 is 9.53 Å². The highest BCUT2D eigenvalue weighted by atomic mass is 16.5. The van der Waals surface area contributed by atoms with Crippen molar-refractivity contribution in [2.75, 3.05) is 7.11 Å². The lowest BCUT2D eigenvalue weighted by Crippen LogP contribution is -2.23. The monoisotopic (exact) mass is 322 g/mol. The van der Waals surface area contributed by atoms with Gasteiger partial charge in [-0.25, -0.2) is 0 Å². The summed E-state index contributed by atoms with van der Waals surface area (Å²) in [6, 6.07) is 15.0. The standard InChI is InChI=1S/C18H18N4O2/c1-22-17(13-6-8-15(24-2)9-7-13)11-16(21-22)18(23)20-12-14-5-3-4-10-19-14/h3-11H,12H2,1-2H3,(H,20,23). The molecule has 2 aromatic heterocycles. The van der Waals surface area contributed by atoms with Crippen LogP contribution in [0.15, 0.2) is 54.7 Å². The van der Waals surface area contributed by atoms with Crippen LogP contribution in [-0.4, -0.2) is 27.8 Å². The number of amides is 1. The summed E-state index contributed by atoms with van der Waals surface area (Å²) in [4.78, 5) is 16.5. The Morgan fingerprint density at radius 2 is 2.00 bits per heavy atom. The molecule has 0 fully saturated rings. The van der Waals surface area contributed by atoms with Crippen molar-refractivity contribution in [2.24, 2.45) is 7.05 Å². The van der Waals surface area contributed by atoms with Crippen molar-refractivity contribution in [3.8, 4) is 17.0 Å². The lowest BCUT2D eigenvalue weighted by Gasteiger charge is -2.03. The van der Waals surface area contributed by atoms with Gasteiger partial charge in [0.2, 0.25) is 0 Å². The number of aromatic nitrogens is 3. The molecule has 0 saturated carbocycles. The van der Waals surface area contributed by atoms with Gasteiger partial charge in [0, 0.05) is 18.8 Å². The number of nitrogens with one attached hydrogen (secondary N) is 1. The highest BCUT2D eigenvalue weighted by Crippen LogP contribution is 2.22. The number of aryl methyl sites for hydroxylation is 1. The van der Waals surface area contributed by atoms with Gasteiger partial charge in [0.25, 0.3) is 5.91 Å². The molecule has 0 spiro atoms. The molecule has 1 amide bonds. The Kier molecular flexibility index (Phi) is 4.56. The molecule has 0 unspecified atom stereocenters. The molecule has 6 nitrogen and oxygen atoms in total. The Labute approximate surface area is 140 Å². The van der Waals surface area contributed by atoms with Gasteiger partial charge >= 0.3 is 0 Å². The minimum absolute atomic E-state index is 0.226. The molecule has 3 rings (SSSR count). The van der Waals surface area contributed by atoms with Crippen LogP contribution < -0.4 is 10.1 Å². The molecule has 0 aliphatic heterocycles. The number of hydrogen-bond donors (Lipinski definition) is 1. The molecule has 0 saturated heterocycles. The molecule has 0 bridgehead atoms. The Morgan fingerprint density at radius 1 is 1.21 bits per heavy atom. The number of hydrogen-bond acceptors (Lipinski definition) is 4. The zero-order valence-electron chi connectivity index (χ0n) is 13.6. The van der Waals surface area contributed by atoms with Gasteiger partial charge < -0.3 is 10.1 Å². The molecule has 0 aliphatic rings. The molecule has 2 heterocycles. The molecule has 122 valence electrons. The second kappa shape index (κ2) is 6.95. The fourth-order valence-electron chi connectivity index (χ4n) is 2.37. The number of carbonyl (C=O) groups excluding carboxylic acids is 1. The number of benzene rings is 1. The molecule has 0 atom stereocenters. The van der Waals surface area contributed by atoms with Crippen LogP contribution in [0.1, 0.15) is 16.2 Å². The molecule has 1 aromatic carbocycles. The third-order valence-electron chi connectivity index (χ3n) is 3.65. The number of pyridine rings is 1. The van der Waals surface area contributed by atoms with Crippen molar-refractivity contribution in [1.82, 2.24) is 20.1 Å². The van der Waals surface area contributed by atoms with E-state index in [0.29, 0.717) is 12.2 Å². The first-order valence-corrected chi connectivity index (χ1v) is 7.54. The lowest BCUT2D eigenvalue weighted by molar-refractivity contribution is 0.0944. The molecular weight excluding hydrogens is 304 g/mol. The van der Waals surface area contributed by atoms with Gasteiger partial charge in [-0.1, -0.05) is 6.07 Å². The highest BCUT2D eigenvalue weighted by Gasteiger charge is 2.14. The maximum atomic E-state index is 12.3. The van der Waals surface area contributed by atoms with E-state index in [9.17, 15) is 4.79 Å². The first-order chi connectivity index (χ1) is 11.7. The van der Waals surface area contributed by atoms with E-state index >= 15 is 0 Å². The second-order valence-electron chi connectivity index (χ2n) is 5.27. The summed E-state index contributed by atoms with van der Waals surface area (Å²) in [5, 5.41) is 7.12. The molecule has 3 aromatic rings. The summed E-state index contributed by atoms with van der Waals surface area (Å²) in [6.07, 6.45) is 1.70. The first kappa shape index (κ1) is 15.7. The van der Waals surface area contributed by atoms with E-state index in [1.165, 1.54) is 0 Å². The van der Waals surface area contributed by atoms with E-state index in [0.717, 1.165) is 22.7 Å². The molecular formula is C18H18N4O2. The van der Waals surface area contributed by atoms with Crippen LogP contribution in [0.2, 0.25) is 0 Å². The van der Waals surface area contributed by atoms with Crippen LogP contribution in [0.25, 0.3) is 11.3 Å². The highest BCUT2D eigenvalue weighted by molar-refractivity contribution is 5.93. The summed E-state index contributed by atoms with van der Waals surface area (Å²) in [6.45, 7) is 0.369. The van der Waals surface area contributed by atoms with Crippen molar-refractivity contribution in [2.45, 2.75) is 6.54 Å². The van der Waals surface area contributed by atoms with E-state index in [1.807, 2.05) is 49.5 Å². The molecule has 0 aliphatic carbocycles. The average molecular weight is 322 g/mol. The number of methoxy groups -OCH3 is 1. The van der Waals surface area contributed by atoms with Crippen molar-refractivity contribution in [3.63, 3.8) is 0 Å². The summed E-state index contributed by atoms with van der Waals surface area (Å²) in [5.74, 6) is 0.560. The zero-order valence-corrected chi connectivity index (χ0v) is 13.6. The van der Waals surface area contributed by atoms with Crippen LogP contribution in [0.4, 0.5) is 0 Å². The van der Waals surface area contributed by atoms with Gasteiger partial charge in [0.05, 0.1) is 25.0 Å². The first-order valence-electron chi connectivity index (χ1n) is 7.54. The molecule has 24 heavy (non-hydrogen) atoms.